The highest BCUT2D eigenvalue weighted by molar-refractivity contribution is 9.10. The Labute approximate surface area is 108 Å². The molecule has 1 heterocycles. The van der Waals surface area contributed by atoms with Gasteiger partial charge in [-0.2, -0.15) is 0 Å². The summed E-state index contributed by atoms with van der Waals surface area (Å²) in [5, 5.41) is 2.67. The van der Waals surface area contributed by atoms with Gasteiger partial charge in [0.2, 0.25) is 5.91 Å². The molecular weight excluding hydrogens is 288 g/mol. The minimum atomic E-state index is -0.364. The SMILES string of the molecule is CCOC(=O)CCC(=O)Nc1ccncc1Br. The van der Waals surface area contributed by atoms with Crippen LogP contribution in [0.4, 0.5) is 5.69 Å². The van der Waals surface area contributed by atoms with Crippen molar-refractivity contribution in [2.45, 2.75) is 19.8 Å². The van der Waals surface area contributed by atoms with Crippen molar-refractivity contribution in [3.05, 3.63) is 22.9 Å². The van der Waals surface area contributed by atoms with Crippen LogP contribution < -0.4 is 5.32 Å². The van der Waals surface area contributed by atoms with Crippen LogP contribution in [0.25, 0.3) is 0 Å². The van der Waals surface area contributed by atoms with Crippen LogP contribution in [0.3, 0.4) is 0 Å². The van der Waals surface area contributed by atoms with E-state index in [9.17, 15) is 9.59 Å². The van der Waals surface area contributed by atoms with Gasteiger partial charge in [-0.3, -0.25) is 14.6 Å². The van der Waals surface area contributed by atoms with Gasteiger partial charge in [0, 0.05) is 18.8 Å². The van der Waals surface area contributed by atoms with Crippen LogP contribution in [-0.2, 0) is 14.3 Å². The molecule has 17 heavy (non-hydrogen) atoms. The Morgan fingerprint density at radius 3 is 2.88 bits per heavy atom. The fraction of sp³-hybridized carbons (Fsp3) is 0.364. The maximum Gasteiger partial charge on any atom is 0.306 e. The average Bonchev–Trinajstić information content (AvgIpc) is 2.30. The maximum absolute atomic E-state index is 11.5. The van der Waals surface area contributed by atoms with E-state index in [-0.39, 0.29) is 24.7 Å². The summed E-state index contributed by atoms with van der Waals surface area (Å²) in [7, 11) is 0. The molecule has 0 aromatic carbocycles. The standard InChI is InChI=1S/C11H13BrN2O3/c1-2-17-11(16)4-3-10(15)14-9-5-6-13-7-8(9)12/h5-7H,2-4H2,1H3,(H,13,14,15). The van der Waals surface area contributed by atoms with Crippen LogP contribution in [0.15, 0.2) is 22.9 Å². The smallest absolute Gasteiger partial charge is 0.306 e. The number of carbonyl (C=O) groups excluding carboxylic acids is 2. The van der Waals surface area contributed by atoms with E-state index in [0.717, 1.165) is 0 Å². The molecule has 0 saturated heterocycles. The maximum atomic E-state index is 11.5. The van der Waals surface area contributed by atoms with E-state index in [0.29, 0.717) is 16.8 Å². The van der Waals surface area contributed by atoms with Gasteiger partial charge >= 0.3 is 5.97 Å². The normalized spacial score (nSPS) is 9.76. The first-order chi connectivity index (χ1) is 8.13. The van der Waals surface area contributed by atoms with E-state index in [4.69, 9.17) is 4.74 Å². The molecule has 6 heteroatoms. The van der Waals surface area contributed by atoms with Crippen molar-refractivity contribution in [2.24, 2.45) is 0 Å². The minimum Gasteiger partial charge on any atom is -0.466 e. The molecule has 1 amide bonds. The van der Waals surface area contributed by atoms with Crippen LogP contribution in [0.1, 0.15) is 19.8 Å². The Bertz CT molecular complexity index is 409. The number of aromatic nitrogens is 1. The predicted molar refractivity (Wildman–Crippen MR) is 66.4 cm³/mol. The highest BCUT2D eigenvalue weighted by atomic mass is 79.9. The zero-order chi connectivity index (χ0) is 12.7. The first-order valence-corrected chi connectivity index (χ1v) is 5.97. The van der Waals surface area contributed by atoms with Crippen molar-refractivity contribution in [3.63, 3.8) is 0 Å². The van der Waals surface area contributed by atoms with Crippen LogP contribution in [0.5, 0.6) is 0 Å². The second-order valence-electron chi connectivity index (χ2n) is 3.21. The van der Waals surface area contributed by atoms with Gasteiger partial charge in [-0.1, -0.05) is 0 Å². The molecule has 0 aliphatic rings. The minimum absolute atomic E-state index is 0.0857. The van der Waals surface area contributed by atoms with E-state index in [1.54, 1.807) is 25.4 Å². The first kappa shape index (κ1) is 13.6. The molecule has 0 unspecified atom stereocenters. The number of amides is 1. The van der Waals surface area contributed by atoms with Crippen LogP contribution in [0, 0.1) is 0 Å². The summed E-state index contributed by atoms with van der Waals surface area (Å²) in [6.45, 7) is 2.06. The summed E-state index contributed by atoms with van der Waals surface area (Å²) in [6.07, 6.45) is 3.35. The number of nitrogens with zero attached hydrogens (tertiary/aromatic N) is 1. The topological polar surface area (TPSA) is 68.3 Å². The van der Waals surface area contributed by atoms with E-state index in [2.05, 4.69) is 26.2 Å². The average molecular weight is 301 g/mol. The van der Waals surface area contributed by atoms with Gasteiger partial charge in [-0.25, -0.2) is 0 Å². The van der Waals surface area contributed by atoms with Gasteiger partial charge in [0.05, 0.1) is 23.2 Å². The molecule has 1 aromatic heterocycles. The van der Waals surface area contributed by atoms with Crippen molar-refractivity contribution >= 4 is 33.5 Å². The van der Waals surface area contributed by atoms with Gasteiger partial charge in [0.1, 0.15) is 0 Å². The second-order valence-corrected chi connectivity index (χ2v) is 4.06. The molecule has 0 radical (unpaired) electrons. The molecule has 0 bridgehead atoms. The highest BCUT2D eigenvalue weighted by Crippen LogP contribution is 2.20. The lowest BCUT2D eigenvalue weighted by Gasteiger charge is -2.06. The van der Waals surface area contributed by atoms with Crippen molar-refractivity contribution in [1.29, 1.82) is 0 Å². The number of pyridine rings is 1. The van der Waals surface area contributed by atoms with Gasteiger partial charge in [0.25, 0.3) is 0 Å². The molecule has 1 N–H and O–H groups in total. The molecule has 0 saturated carbocycles. The summed E-state index contributed by atoms with van der Waals surface area (Å²) in [6, 6.07) is 1.67. The Hall–Kier alpha value is -1.43. The number of anilines is 1. The molecule has 0 fully saturated rings. The lowest BCUT2D eigenvalue weighted by molar-refractivity contribution is -0.144. The third-order valence-electron chi connectivity index (χ3n) is 1.91. The quantitative estimate of drug-likeness (QED) is 0.846. The van der Waals surface area contributed by atoms with Gasteiger partial charge < -0.3 is 10.1 Å². The van der Waals surface area contributed by atoms with Crippen molar-refractivity contribution in [3.8, 4) is 0 Å². The van der Waals surface area contributed by atoms with Crippen molar-refractivity contribution in [1.82, 2.24) is 4.98 Å². The first-order valence-electron chi connectivity index (χ1n) is 5.18. The molecule has 0 aliphatic heterocycles. The molecular formula is C11H13BrN2O3. The fourth-order valence-corrected chi connectivity index (χ4v) is 1.49. The number of rotatable bonds is 5. The molecule has 0 atom stereocenters. The lowest BCUT2D eigenvalue weighted by Crippen LogP contribution is -2.14. The number of nitrogens with one attached hydrogen (secondary N) is 1. The Kier molecular flexibility index (Phi) is 5.62. The number of esters is 1. The van der Waals surface area contributed by atoms with Gasteiger partial charge in [-0.15, -0.1) is 0 Å². The molecule has 0 aliphatic carbocycles. The highest BCUT2D eigenvalue weighted by Gasteiger charge is 2.09. The van der Waals surface area contributed by atoms with Gasteiger partial charge in [0.15, 0.2) is 0 Å². The van der Waals surface area contributed by atoms with E-state index in [1.165, 1.54) is 0 Å². The second kappa shape index (κ2) is 7.01. The van der Waals surface area contributed by atoms with Gasteiger partial charge in [-0.05, 0) is 28.9 Å². The van der Waals surface area contributed by atoms with E-state index < -0.39 is 0 Å². The number of hydrogen-bond acceptors (Lipinski definition) is 4. The molecule has 92 valence electrons. The van der Waals surface area contributed by atoms with Crippen LogP contribution in [-0.4, -0.2) is 23.5 Å². The number of hydrogen-bond donors (Lipinski definition) is 1. The zero-order valence-corrected chi connectivity index (χ0v) is 11.0. The fourth-order valence-electron chi connectivity index (χ4n) is 1.14. The molecule has 1 rings (SSSR count). The predicted octanol–water partition coefficient (Wildman–Crippen LogP) is 2.13. The third kappa shape index (κ3) is 4.95. The summed E-state index contributed by atoms with van der Waals surface area (Å²) >= 11 is 3.26. The van der Waals surface area contributed by atoms with E-state index >= 15 is 0 Å². The largest absolute Gasteiger partial charge is 0.466 e. The third-order valence-corrected chi connectivity index (χ3v) is 2.54. The number of ether oxygens (including phenoxy) is 1. The Morgan fingerprint density at radius 2 is 2.24 bits per heavy atom. The zero-order valence-electron chi connectivity index (χ0n) is 9.40. The Balaban J connectivity index is 2.40. The number of carbonyl (C=O) groups is 2. The van der Waals surface area contributed by atoms with Crippen molar-refractivity contribution < 1.29 is 14.3 Å². The Morgan fingerprint density at radius 1 is 1.47 bits per heavy atom. The molecule has 1 aromatic rings. The number of halogens is 1. The molecule has 0 spiro atoms. The summed E-state index contributed by atoms with van der Waals surface area (Å²) in [5.41, 5.74) is 0.633. The van der Waals surface area contributed by atoms with E-state index in [1.807, 2.05) is 0 Å². The van der Waals surface area contributed by atoms with Crippen molar-refractivity contribution in [2.75, 3.05) is 11.9 Å². The molecule has 5 nitrogen and oxygen atoms in total. The lowest BCUT2D eigenvalue weighted by atomic mass is 10.3. The summed E-state index contributed by atoms with van der Waals surface area (Å²) < 4.78 is 5.43. The summed E-state index contributed by atoms with van der Waals surface area (Å²) in [4.78, 5) is 26.4. The monoisotopic (exact) mass is 300 g/mol. The van der Waals surface area contributed by atoms with Crippen LogP contribution in [0.2, 0.25) is 0 Å². The summed E-state index contributed by atoms with van der Waals surface area (Å²) in [5.74, 6) is -0.596. The van der Waals surface area contributed by atoms with Crippen LogP contribution >= 0.6 is 15.9 Å².